The summed E-state index contributed by atoms with van der Waals surface area (Å²) in [4.78, 5) is 0. The quantitative estimate of drug-likeness (QED) is 0.503. The molecule has 132 valence electrons. The SMILES string of the molecule is Cc1nn(Cc2nnc(Nc3ccn(Cc4ccccc4)n3)s2)cc1Br. The summed E-state index contributed by atoms with van der Waals surface area (Å²) in [6.45, 7) is 3.28. The Hall–Kier alpha value is -2.52. The minimum atomic E-state index is 0.592. The van der Waals surface area contributed by atoms with E-state index in [1.54, 1.807) is 0 Å². The van der Waals surface area contributed by atoms with Gasteiger partial charge in [-0.3, -0.25) is 9.36 Å². The molecule has 4 rings (SSSR count). The van der Waals surface area contributed by atoms with Gasteiger partial charge in [-0.1, -0.05) is 41.7 Å². The van der Waals surface area contributed by atoms with Crippen LogP contribution in [-0.2, 0) is 13.1 Å². The first kappa shape index (κ1) is 16.9. The Bertz CT molecular complexity index is 986. The Balaban J connectivity index is 1.39. The van der Waals surface area contributed by atoms with E-state index in [1.807, 2.05) is 52.9 Å². The maximum Gasteiger partial charge on any atom is 0.211 e. The molecule has 0 fully saturated rings. The summed E-state index contributed by atoms with van der Waals surface area (Å²) >= 11 is 4.96. The minimum Gasteiger partial charge on any atom is -0.313 e. The Morgan fingerprint density at radius 1 is 1.04 bits per heavy atom. The Morgan fingerprint density at radius 3 is 2.65 bits per heavy atom. The maximum atomic E-state index is 4.53. The van der Waals surface area contributed by atoms with E-state index in [4.69, 9.17) is 0 Å². The molecule has 26 heavy (non-hydrogen) atoms. The Morgan fingerprint density at radius 2 is 1.88 bits per heavy atom. The molecule has 0 aliphatic rings. The van der Waals surface area contributed by atoms with Crippen LogP contribution >= 0.6 is 27.3 Å². The first-order valence-corrected chi connectivity index (χ1v) is 9.63. The van der Waals surface area contributed by atoms with Crippen LogP contribution in [0.2, 0.25) is 0 Å². The minimum absolute atomic E-state index is 0.592. The fourth-order valence-electron chi connectivity index (χ4n) is 2.48. The van der Waals surface area contributed by atoms with Gasteiger partial charge in [0, 0.05) is 18.5 Å². The number of aromatic nitrogens is 6. The second-order valence-electron chi connectivity index (χ2n) is 5.77. The predicted octanol–water partition coefficient (Wildman–Crippen LogP) is 3.84. The summed E-state index contributed by atoms with van der Waals surface area (Å²) in [7, 11) is 0. The summed E-state index contributed by atoms with van der Waals surface area (Å²) in [5.74, 6) is 0.751. The van der Waals surface area contributed by atoms with Crippen molar-refractivity contribution in [3.63, 3.8) is 0 Å². The fraction of sp³-hybridized carbons (Fsp3) is 0.176. The van der Waals surface area contributed by atoms with Crippen molar-refractivity contribution in [2.75, 3.05) is 5.32 Å². The van der Waals surface area contributed by atoms with Crippen molar-refractivity contribution in [3.05, 3.63) is 69.5 Å². The molecule has 0 aliphatic carbocycles. The molecule has 1 aromatic carbocycles. The van der Waals surface area contributed by atoms with Crippen molar-refractivity contribution in [2.45, 2.75) is 20.0 Å². The molecule has 0 bridgehead atoms. The number of rotatable bonds is 6. The van der Waals surface area contributed by atoms with Gasteiger partial charge in [-0.2, -0.15) is 10.2 Å². The number of hydrogen-bond acceptors (Lipinski definition) is 6. The Labute approximate surface area is 162 Å². The predicted molar refractivity (Wildman–Crippen MR) is 105 cm³/mol. The number of hydrogen-bond donors (Lipinski definition) is 1. The second-order valence-corrected chi connectivity index (χ2v) is 7.69. The smallest absolute Gasteiger partial charge is 0.211 e. The molecule has 0 amide bonds. The average molecular weight is 430 g/mol. The summed E-state index contributed by atoms with van der Waals surface area (Å²) in [6, 6.07) is 12.2. The van der Waals surface area contributed by atoms with Crippen LogP contribution in [0.15, 0.2) is 53.3 Å². The van der Waals surface area contributed by atoms with Gasteiger partial charge in [-0.15, -0.1) is 10.2 Å². The number of nitrogens with zero attached hydrogens (tertiary/aromatic N) is 6. The molecule has 3 heterocycles. The molecule has 0 unspecified atom stereocenters. The van der Waals surface area contributed by atoms with Crippen LogP contribution < -0.4 is 5.32 Å². The Kier molecular flexibility index (Phi) is 4.81. The lowest BCUT2D eigenvalue weighted by Gasteiger charge is -2.01. The van der Waals surface area contributed by atoms with Crippen molar-refractivity contribution in [1.82, 2.24) is 29.8 Å². The molecule has 0 atom stereocenters. The van der Waals surface area contributed by atoms with E-state index in [1.165, 1.54) is 16.9 Å². The van der Waals surface area contributed by atoms with Gasteiger partial charge in [0.25, 0.3) is 0 Å². The van der Waals surface area contributed by atoms with E-state index >= 15 is 0 Å². The third kappa shape index (κ3) is 4.00. The van der Waals surface area contributed by atoms with Crippen LogP contribution in [0.4, 0.5) is 10.9 Å². The van der Waals surface area contributed by atoms with E-state index in [9.17, 15) is 0 Å². The van der Waals surface area contributed by atoms with E-state index < -0.39 is 0 Å². The van der Waals surface area contributed by atoms with Crippen LogP contribution in [0.1, 0.15) is 16.3 Å². The number of aryl methyl sites for hydroxylation is 1. The highest BCUT2D eigenvalue weighted by atomic mass is 79.9. The van der Waals surface area contributed by atoms with Crippen molar-refractivity contribution in [3.8, 4) is 0 Å². The summed E-state index contributed by atoms with van der Waals surface area (Å²) in [5.41, 5.74) is 2.16. The van der Waals surface area contributed by atoms with Gasteiger partial charge in [0.05, 0.1) is 23.3 Å². The molecule has 0 aliphatic heterocycles. The van der Waals surface area contributed by atoms with Gasteiger partial charge in [0.1, 0.15) is 5.01 Å². The van der Waals surface area contributed by atoms with Gasteiger partial charge < -0.3 is 5.32 Å². The monoisotopic (exact) mass is 429 g/mol. The van der Waals surface area contributed by atoms with Crippen molar-refractivity contribution in [1.29, 1.82) is 0 Å². The van der Waals surface area contributed by atoms with E-state index in [2.05, 4.69) is 53.8 Å². The zero-order valence-electron chi connectivity index (χ0n) is 14.0. The molecular formula is C17H16BrN7S. The van der Waals surface area contributed by atoms with Crippen LogP contribution in [0.25, 0.3) is 0 Å². The van der Waals surface area contributed by atoms with E-state index in [0.717, 1.165) is 27.5 Å². The molecule has 0 saturated carbocycles. The van der Waals surface area contributed by atoms with Crippen molar-refractivity contribution >= 4 is 38.2 Å². The molecule has 4 aromatic rings. The van der Waals surface area contributed by atoms with Gasteiger partial charge in [-0.25, -0.2) is 0 Å². The summed E-state index contributed by atoms with van der Waals surface area (Å²) in [5, 5.41) is 22.1. The molecule has 1 N–H and O–H groups in total. The van der Waals surface area contributed by atoms with Gasteiger partial charge >= 0.3 is 0 Å². The highest BCUT2D eigenvalue weighted by Gasteiger charge is 2.09. The van der Waals surface area contributed by atoms with Crippen molar-refractivity contribution < 1.29 is 0 Å². The molecular weight excluding hydrogens is 414 g/mol. The zero-order chi connectivity index (χ0) is 17.9. The van der Waals surface area contributed by atoms with Gasteiger partial charge in [-0.05, 0) is 28.4 Å². The molecule has 9 heteroatoms. The summed E-state index contributed by atoms with van der Waals surface area (Å²) in [6.07, 6.45) is 3.89. The normalized spacial score (nSPS) is 11.0. The van der Waals surface area contributed by atoms with Crippen LogP contribution in [-0.4, -0.2) is 29.8 Å². The fourth-order valence-corrected chi connectivity index (χ4v) is 3.53. The molecule has 7 nitrogen and oxygen atoms in total. The highest BCUT2D eigenvalue weighted by Crippen LogP contribution is 2.21. The topological polar surface area (TPSA) is 73.5 Å². The molecule has 0 saturated heterocycles. The zero-order valence-corrected chi connectivity index (χ0v) is 16.4. The van der Waals surface area contributed by atoms with E-state index in [-0.39, 0.29) is 0 Å². The third-order valence-electron chi connectivity index (χ3n) is 3.71. The summed E-state index contributed by atoms with van der Waals surface area (Å²) < 4.78 is 4.73. The second kappa shape index (κ2) is 7.38. The largest absolute Gasteiger partial charge is 0.313 e. The first-order valence-electron chi connectivity index (χ1n) is 8.02. The molecule has 0 radical (unpaired) electrons. The lowest BCUT2D eigenvalue weighted by atomic mass is 10.2. The van der Waals surface area contributed by atoms with Crippen LogP contribution in [0.5, 0.6) is 0 Å². The number of nitrogens with one attached hydrogen (secondary N) is 1. The van der Waals surface area contributed by atoms with Gasteiger partial charge in [0.2, 0.25) is 5.13 Å². The lowest BCUT2D eigenvalue weighted by molar-refractivity contribution is 0.670. The number of benzene rings is 1. The molecule has 3 aromatic heterocycles. The average Bonchev–Trinajstić information content (AvgIpc) is 3.32. The van der Waals surface area contributed by atoms with Gasteiger partial charge in [0.15, 0.2) is 5.82 Å². The standard InChI is InChI=1S/C17H16BrN7S/c1-12-14(18)10-25(22-12)11-16-20-21-17(26-16)19-15-7-8-24(23-15)9-13-5-3-2-4-6-13/h2-8,10H,9,11H2,1H3,(H,19,21,23). The van der Waals surface area contributed by atoms with Crippen molar-refractivity contribution in [2.24, 2.45) is 0 Å². The van der Waals surface area contributed by atoms with Crippen LogP contribution in [0, 0.1) is 6.92 Å². The number of anilines is 2. The number of halogens is 1. The maximum absolute atomic E-state index is 4.53. The van der Waals surface area contributed by atoms with Crippen LogP contribution in [0.3, 0.4) is 0 Å². The highest BCUT2D eigenvalue weighted by molar-refractivity contribution is 9.10. The first-order chi connectivity index (χ1) is 12.7. The lowest BCUT2D eigenvalue weighted by Crippen LogP contribution is -2.01. The third-order valence-corrected chi connectivity index (χ3v) is 5.32. The van der Waals surface area contributed by atoms with E-state index in [0.29, 0.717) is 11.7 Å². The molecule has 0 spiro atoms.